The first-order valence-electron chi connectivity index (χ1n) is 23.4. The van der Waals surface area contributed by atoms with Crippen molar-refractivity contribution in [2.24, 2.45) is 11.1 Å². The van der Waals surface area contributed by atoms with Crippen LogP contribution in [0.4, 0.5) is 28.4 Å². The minimum Gasteiger partial charge on any atom is -0.489 e. The van der Waals surface area contributed by atoms with E-state index < -0.39 is 44.5 Å². The minimum atomic E-state index is -4.76. The number of ether oxygens (including phenoxy) is 4. The molecule has 2 aromatic heterocycles. The first-order chi connectivity index (χ1) is 32.2. The lowest BCUT2D eigenvalue weighted by Crippen LogP contribution is -2.66. The number of sulfone groups is 1. The number of likely N-dealkylation sites (tertiary alicyclic amines) is 1. The summed E-state index contributed by atoms with van der Waals surface area (Å²) in [5, 5.41) is 16.7. The fourth-order valence-corrected chi connectivity index (χ4v) is 13.3. The van der Waals surface area contributed by atoms with Gasteiger partial charge in [0.05, 0.1) is 64.8 Å². The Labute approximate surface area is 389 Å². The third kappa shape index (κ3) is 7.34. The summed E-state index contributed by atoms with van der Waals surface area (Å²) in [6.07, 6.45) is 5.29. The standard InChI is InChI=1S/C49H56N8O9S/c1-27(2)33-8-5-6-9-34(33)36-10-7-15-55(36)31-19-49(20-31)25-54(26-49)37-12-11-35(46(50)58)44(56-39-16-29-13-14-51-47(29)53-48(39)66-42-24-63-23-40(42)56)45(37)67(61,62)32-17-38(57(59)60)43-41(18-32)65-22-30(52-43)21-64-28(3)4/h5-6,8-9,11-14,16-18,27-28,30-31,36,40,42,52H,7,10,15,19-26H2,1-4H3,(H2,50,58)(H,51,53)/t30-,36+,40+,42+/m1/s1. The first-order valence-corrected chi connectivity index (χ1v) is 24.8. The minimum absolute atomic E-state index is 0.0161. The van der Waals surface area contributed by atoms with Gasteiger partial charge < -0.3 is 44.8 Å². The Kier molecular flexibility index (Phi) is 10.7. The van der Waals surface area contributed by atoms with Crippen LogP contribution >= 0.6 is 0 Å². The molecule has 0 bridgehead atoms. The second-order valence-corrected chi connectivity index (χ2v) is 21.6. The summed E-state index contributed by atoms with van der Waals surface area (Å²) < 4.78 is 56.1. The summed E-state index contributed by atoms with van der Waals surface area (Å²) in [6, 6.07) is 17.9. The quantitative estimate of drug-likeness (QED) is 0.0834. The largest absolute Gasteiger partial charge is 0.489 e. The van der Waals surface area contributed by atoms with Crippen LogP contribution in [0.15, 0.2) is 76.7 Å². The van der Waals surface area contributed by atoms with Crippen molar-refractivity contribution in [1.82, 2.24) is 14.9 Å². The SMILES string of the molecule is CC(C)OC[C@@H]1COc2cc(S(=O)(=O)c3c(N4CC5(CC(N6CCC[C@H]6c6ccccc6C(C)C)C5)C4)ccc(C(N)=O)c3N3c4cc5cc[nH]c5nc4O[C@H]4COC[C@@H]43)cc([N+](=O)[O-])c2N1. The number of benzene rings is 3. The number of H-pyrrole nitrogens is 1. The van der Waals surface area contributed by atoms with E-state index in [0.29, 0.717) is 48.1 Å². The summed E-state index contributed by atoms with van der Waals surface area (Å²) in [5.74, 6) is -0.185. The van der Waals surface area contributed by atoms with Gasteiger partial charge in [-0.25, -0.2) is 8.42 Å². The molecule has 67 heavy (non-hydrogen) atoms. The third-order valence-corrected chi connectivity index (χ3v) is 16.5. The number of carbonyl (C=O) groups excluding carboxylic acids is 1. The maximum Gasteiger partial charge on any atom is 0.297 e. The number of hydrogen-bond acceptors (Lipinski definition) is 14. The number of primary amides is 1. The number of nitrogens with one attached hydrogen (secondary N) is 2. The molecule has 7 heterocycles. The highest BCUT2D eigenvalue weighted by molar-refractivity contribution is 7.91. The number of amides is 1. The van der Waals surface area contributed by atoms with Gasteiger partial charge in [0, 0.05) is 54.3 Å². The fraction of sp³-hybridized carbons (Fsp3) is 0.469. The highest BCUT2D eigenvalue weighted by atomic mass is 32.2. The Morgan fingerprint density at radius 2 is 1.85 bits per heavy atom. The van der Waals surface area contributed by atoms with Gasteiger partial charge in [0.2, 0.25) is 15.7 Å². The van der Waals surface area contributed by atoms with Crippen LogP contribution in [0.25, 0.3) is 11.0 Å². The molecule has 1 saturated carbocycles. The van der Waals surface area contributed by atoms with Crippen LogP contribution in [0.3, 0.4) is 0 Å². The van der Waals surface area contributed by atoms with Gasteiger partial charge in [-0.3, -0.25) is 19.8 Å². The zero-order valence-corrected chi connectivity index (χ0v) is 38.9. The monoisotopic (exact) mass is 932 g/mol. The number of pyridine rings is 1. The molecule has 4 N–H and O–H groups in total. The van der Waals surface area contributed by atoms with Crippen molar-refractivity contribution in [3.63, 3.8) is 0 Å². The van der Waals surface area contributed by atoms with Crippen LogP contribution in [-0.2, 0) is 19.3 Å². The molecule has 1 amide bonds. The van der Waals surface area contributed by atoms with E-state index in [9.17, 15) is 14.9 Å². The highest BCUT2D eigenvalue weighted by Crippen LogP contribution is 2.57. The Morgan fingerprint density at radius 1 is 1.04 bits per heavy atom. The molecule has 18 heteroatoms. The highest BCUT2D eigenvalue weighted by Gasteiger charge is 2.56. The number of aromatic nitrogens is 2. The number of nitro benzene ring substituents is 1. The van der Waals surface area contributed by atoms with Gasteiger partial charge in [-0.15, -0.1) is 0 Å². The summed E-state index contributed by atoms with van der Waals surface area (Å²) in [4.78, 5) is 39.9. The predicted molar refractivity (Wildman–Crippen MR) is 252 cm³/mol. The van der Waals surface area contributed by atoms with Crippen LogP contribution in [0.2, 0.25) is 0 Å². The maximum atomic E-state index is 15.9. The van der Waals surface area contributed by atoms with E-state index in [1.807, 2.05) is 26.0 Å². The van der Waals surface area contributed by atoms with E-state index in [0.717, 1.165) is 43.7 Å². The molecule has 0 radical (unpaired) electrons. The molecule has 3 saturated heterocycles. The molecule has 0 unspecified atom stereocenters. The van der Waals surface area contributed by atoms with Crippen LogP contribution in [0, 0.1) is 15.5 Å². The lowest BCUT2D eigenvalue weighted by Gasteiger charge is -2.62. The Morgan fingerprint density at radius 3 is 2.61 bits per heavy atom. The average molecular weight is 933 g/mol. The number of carbonyl (C=O) groups is 1. The van der Waals surface area contributed by atoms with Gasteiger partial charge in [-0.2, -0.15) is 4.98 Å². The second kappa shape index (κ2) is 16.4. The smallest absolute Gasteiger partial charge is 0.297 e. The number of fused-ring (bicyclic) bond motifs is 4. The molecule has 4 atom stereocenters. The Balaban J connectivity index is 1.01. The Bertz CT molecular complexity index is 2910. The summed E-state index contributed by atoms with van der Waals surface area (Å²) in [5.41, 5.74) is 9.92. The number of nitrogens with two attached hydrogens (primary N) is 1. The molecule has 5 aromatic rings. The molecule has 5 aliphatic heterocycles. The predicted octanol–water partition coefficient (Wildman–Crippen LogP) is 7.23. The Hall–Kier alpha value is -5.95. The van der Waals surface area contributed by atoms with E-state index >= 15 is 8.42 Å². The van der Waals surface area contributed by atoms with E-state index in [1.165, 1.54) is 17.2 Å². The van der Waals surface area contributed by atoms with Gasteiger partial charge >= 0.3 is 0 Å². The lowest BCUT2D eigenvalue weighted by atomic mass is 9.60. The zero-order chi connectivity index (χ0) is 46.5. The summed E-state index contributed by atoms with van der Waals surface area (Å²) in [7, 11) is -4.76. The molecule has 3 aromatic carbocycles. The van der Waals surface area contributed by atoms with Crippen molar-refractivity contribution < 1.29 is 37.1 Å². The number of nitrogens with zero attached hydrogens (tertiary/aromatic N) is 5. The van der Waals surface area contributed by atoms with Gasteiger partial charge in [0.1, 0.15) is 28.9 Å². The molecular formula is C49H56N8O9S. The zero-order valence-electron chi connectivity index (χ0n) is 38.1. The summed E-state index contributed by atoms with van der Waals surface area (Å²) in [6.45, 7) is 11.1. The number of rotatable bonds is 12. The fourth-order valence-electron chi connectivity index (χ4n) is 11.6. The molecular weight excluding hydrogens is 877 g/mol. The topological polar surface area (TPSA) is 208 Å². The normalized spacial score (nSPS) is 23.3. The van der Waals surface area contributed by atoms with Gasteiger partial charge in [0.25, 0.3) is 11.6 Å². The molecule has 4 fully saturated rings. The van der Waals surface area contributed by atoms with Crippen LogP contribution in [0.1, 0.15) is 86.8 Å². The van der Waals surface area contributed by atoms with Crippen molar-refractivity contribution in [2.45, 2.75) is 105 Å². The number of hydrogen-bond donors (Lipinski definition) is 3. The van der Waals surface area contributed by atoms with Crippen molar-refractivity contribution in [3.05, 3.63) is 93.7 Å². The lowest BCUT2D eigenvalue weighted by molar-refractivity contribution is -0.384. The van der Waals surface area contributed by atoms with E-state index in [-0.39, 0.29) is 76.3 Å². The molecule has 6 aliphatic rings. The third-order valence-electron chi connectivity index (χ3n) is 14.7. The number of anilines is 4. The molecule has 1 aliphatic carbocycles. The van der Waals surface area contributed by atoms with Gasteiger partial charge in [-0.05, 0) is 87.4 Å². The van der Waals surface area contributed by atoms with Crippen molar-refractivity contribution in [3.8, 4) is 11.6 Å². The average Bonchev–Trinajstić information content (AvgIpc) is 4.07. The van der Waals surface area contributed by atoms with E-state index in [2.05, 4.69) is 58.2 Å². The summed E-state index contributed by atoms with van der Waals surface area (Å²) >= 11 is 0. The number of aromatic amines is 1. The van der Waals surface area contributed by atoms with E-state index in [4.69, 9.17) is 29.7 Å². The first kappa shape index (κ1) is 43.6. The maximum absolute atomic E-state index is 15.9. The number of nitro groups is 1. The van der Waals surface area contributed by atoms with Crippen molar-refractivity contribution >= 4 is 55.2 Å². The molecule has 17 nitrogen and oxygen atoms in total. The molecule has 11 rings (SSSR count). The molecule has 1 spiro atoms. The van der Waals surface area contributed by atoms with Crippen LogP contribution in [-0.4, -0.2) is 111 Å². The van der Waals surface area contributed by atoms with Gasteiger partial charge in [0.15, 0.2) is 11.4 Å². The van der Waals surface area contributed by atoms with Crippen molar-refractivity contribution in [1.29, 1.82) is 0 Å². The van der Waals surface area contributed by atoms with Crippen LogP contribution < -0.4 is 30.3 Å². The van der Waals surface area contributed by atoms with Crippen molar-refractivity contribution in [2.75, 3.05) is 61.2 Å². The molecule has 352 valence electrons. The second-order valence-electron chi connectivity index (χ2n) is 19.7. The van der Waals surface area contributed by atoms with Gasteiger partial charge in [-0.1, -0.05) is 38.1 Å². The van der Waals surface area contributed by atoms with Crippen LogP contribution in [0.5, 0.6) is 11.6 Å². The van der Waals surface area contributed by atoms with E-state index in [1.54, 1.807) is 23.2 Å².